The van der Waals surface area contributed by atoms with Gasteiger partial charge in [0, 0.05) is 6.04 Å². The van der Waals surface area contributed by atoms with E-state index in [2.05, 4.69) is 0 Å². The van der Waals surface area contributed by atoms with Gasteiger partial charge in [-0.1, -0.05) is 18.2 Å². The molecule has 2 aromatic carbocycles. The van der Waals surface area contributed by atoms with Crippen LogP contribution in [0.1, 0.15) is 23.6 Å². The Kier molecular flexibility index (Phi) is 2.63. The van der Waals surface area contributed by atoms with E-state index in [4.69, 9.17) is 5.73 Å². The average Bonchev–Trinajstić information content (AvgIpc) is 2.74. The van der Waals surface area contributed by atoms with Crippen molar-refractivity contribution in [1.29, 1.82) is 0 Å². The predicted molar refractivity (Wildman–Crippen MR) is 67.0 cm³/mol. The van der Waals surface area contributed by atoms with Crippen LogP contribution < -0.4 is 5.73 Å². The van der Waals surface area contributed by atoms with Gasteiger partial charge < -0.3 is 5.73 Å². The van der Waals surface area contributed by atoms with Crippen molar-refractivity contribution in [3.63, 3.8) is 0 Å². The molecule has 1 nitrogen and oxygen atoms in total. The topological polar surface area (TPSA) is 26.0 Å². The Bertz CT molecular complexity index is 607. The monoisotopic (exact) mass is 245 g/mol. The molecule has 0 spiro atoms. The summed E-state index contributed by atoms with van der Waals surface area (Å²) in [6.07, 6.45) is 1.95. The van der Waals surface area contributed by atoms with Crippen LogP contribution in [0.5, 0.6) is 0 Å². The number of nitrogens with two attached hydrogens (primary N) is 1. The molecule has 2 aromatic rings. The minimum absolute atomic E-state index is 0.0604. The predicted octanol–water partition coefficient (Wildman–Crippen LogP) is 3.58. The number of aryl methyl sites for hydroxylation is 1. The summed E-state index contributed by atoms with van der Waals surface area (Å²) in [5.41, 5.74) is 9.95. The molecule has 3 heteroatoms. The van der Waals surface area contributed by atoms with E-state index >= 15 is 0 Å². The molecule has 1 aliphatic rings. The maximum absolute atomic E-state index is 13.2. The Morgan fingerprint density at radius 1 is 0.944 bits per heavy atom. The van der Waals surface area contributed by atoms with E-state index in [0.717, 1.165) is 30.0 Å². The van der Waals surface area contributed by atoms with Crippen molar-refractivity contribution in [1.82, 2.24) is 0 Å². The van der Waals surface area contributed by atoms with Crippen LogP contribution >= 0.6 is 0 Å². The smallest absolute Gasteiger partial charge is 0.159 e. The SMILES string of the molecule is NC1CCc2ccc(-c3ccc(F)c(F)c3)cc21. The van der Waals surface area contributed by atoms with Crippen molar-refractivity contribution in [2.75, 3.05) is 0 Å². The maximum Gasteiger partial charge on any atom is 0.159 e. The standard InChI is InChI=1S/C15H13F2N/c16-13-5-3-11(8-14(13)17)10-2-1-9-4-6-15(18)12(9)7-10/h1-3,5,7-8,15H,4,6,18H2. The molecule has 0 aromatic heterocycles. The molecule has 0 heterocycles. The van der Waals surface area contributed by atoms with Gasteiger partial charge in [-0.2, -0.15) is 0 Å². The van der Waals surface area contributed by atoms with Gasteiger partial charge in [0.2, 0.25) is 0 Å². The molecule has 1 aliphatic carbocycles. The zero-order valence-corrected chi connectivity index (χ0v) is 9.79. The first-order valence-electron chi connectivity index (χ1n) is 5.99. The van der Waals surface area contributed by atoms with Crippen molar-refractivity contribution in [3.05, 3.63) is 59.2 Å². The third kappa shape index (κ3) is 1.81. The first-order chi connectivity index (χ1) is 8.65. The summed E-state index contributed by atoms with van der Waals surface area (Å²) < 4.78 is 26.1. The fourth-order valence-electron chi connectivity index (χ4n) is 2.49. The van der Waals surface area contributed by atoms with E-state index in [-0.39, 0.29) is 6.04 Å². The quantitative estimate of drug-likeness (QED) is 0.816. The van der Waals surface area contributed by atoms with Gasteiger partial charge in [-0.15, -0.1) is 0 Å². The lowest BCUT2D eigenvalue weighted by Gasteiger charge is -2.08. The van der Waals surface area contributed by atoms with Crippen LogP contribution in [-0.2, 0) is 6.42 Å². The van der Waals surface area contributed by atoms with E-state index in [1.807, 2.05) is 18.2 Å². The molecule has 2 N–H and O–H groups in total. The molecule has 0 saturated carbocycles. The van der Waals surface area contributed by atoms with Gasteiger partial charge in [0.25, 0.3) is 0 Å². The Balaban J connectivity index is 2.07. The van der Waals surface area contributed by atoms with E-state index in [1.165, 1.54) is 11.6 Å². The molecular weight excluding hydrogens is 232 g/mol. The highest BCUT2D eigenvalue weighted by Gasteiger charge is 2.19. The van der Waals surface area contributed by atoms with Gasteiger partial charge in [-0.3, -0.25) is 0 Å². The van der Waals surface area contributed by atoms with Gasteiger partial charge in [-0.25, -0.2) is 8.78 Å². The Labute approximate surface area is 104 Å². The summed E-state index contributed by atoms with van der Waals surface area (Å²) in [4.78, 5) is 0. The fourth-order valence-corrected chi connectivity index (χ4v) is 2.49. The summed E-state index contributed by atoms with van der Waals surface area (Å²) in [7, 11) is 0. The molecule has 1 atom stereocenters. The zero-order valence-electron chi connectivity index (χ0n) is 9.79. The summed E-state index contributed by atoms with van der Waals surface area (Å²) in [5, 5.41) is 0. The van der Waals surface area contributed by atoms with Gasteiger partial charge >= 0.3 is 0 Å². The summed E-state index contributed by atoms with van der Waals surface area (Å²) in [6.45, 7) is 0. The minimum atomic E-state index is -0.823. The molecule has 18 heavy (non-hydrogen) atoms. The molecule has 0 aliphatic heterocycles. The second-order valence-corrected chi connectivity index (χ2v) is 4.69. The van der Waals surface area contributed by atoms with Gasteiger partial charge in [0.1, 0.15) is 0 Å². The van der Waals surface area contributed by atoms with Crippen molar-refractivity contribution < 1.29 is 8.78 Å². The lowest BCUT2D eigenvalue weighted by Crippen LogP contribution is -2.05. The van der Waals surface area contributed by atoms with E-state index in [1.54, 1.807) is 6.07 Å². The van der Waals surface area contributed by atoms with Crippen LogP contribution in [0.4, 0.5) is 8.78 Å². The molecular formula is C15H13F2N. The third-order valence-electron chi connectivity index (χ3n) is 3.52. The van der Waals surface area contributed by atoms with Crippen molar-refractivity contribution in [2.45, 2.75) is 18.9 Å². The fraction of sp³-hybridized carbons (Fsp3) is 0.200. The van der Waals surface area contributed by atoms with Crippen LogP contribution in [0, 0.1) is 11.6 Å². The molecule has 3 rings (SSSR count). The number of hydrogen-bond donors (Lipinski definition) is 1. The van der Waals surface area contributed by atoms with Crippen molar-refractivity contribution in [3.8, 4) is 11.1 Å². The zero-order chi connectivity index (χ0) is 12.7. The number of halogens is 2. The first-order valence-corrected chi connectivity index (χ1v) is 5.99. The molecule has 0 fully saturated rings. The first kappa shape index (κ1) is 11.4. The number of benzene rings is 2. The normalized spacial score (nSPS) is 17.8. The van der Waals surface area contributed by atoms with Gasteiger partial charge in [-0.05, 0) is 53.3 Å². The number of rotatable bonds is 1. The molecule has 0 bridgehead atoms. The van der Waals surface area contributed by atoms with Gasteiger partial charge in [0.05, 0.1) is 0 Å². The lowest BCUT2D eigenvalue weighted by atomic mass is 9.99. The third-order valence-corrected chi connectivity index (χ3v) is 3.52. The average molecular weight is 245 g/mol. The Hall–Kier alpha value is -1.74. The second kappa shape index (κ2) is 4.18. The number of hydrogen-bond acceptors (Lipinski definition) is 1. The van der Waals surface area contributed by atoms with Crippen molar-refractivity contribution >= 4 is 0 Å². The second-order valence-electron chi connectivity index (χ2n) is 4.69. The molecule has 0 saturated heterocycles. The van der Waals surface area contributed by atoms with E-state index < -0.39 is 11.6 Å². The van der Waals surface area contributed by atoms with Gasteiger partial charge in [0.15, 0.2) is 11.6 Å². The lowest BCUT2D eigenvalue weighted by molar-refractivity contribution is 0.509. The summed E-state index contributed by atoms with van der Waals surface area (Å²) in [5.74, 6) is -1.64. The highest BCUT2D eigenvalue weighted by molar-refractivity contribution is 5.65. The Morgan fingerprint density at radius 3 is 2.44 bits per heavy atom. The molecule has 1 unspecified atom stereocenters. The molecule has 0 amide bonds. The highest BCUT2D eigenvalue weighted by atomic mass is 19.2. The minimum Gasteiger partial charge on any atom is -0.324 e. The highest BCUT2D eigenvalue weighted by Crippen LogP contribution is 2.33. The van der Waals surface area contributed by atoms with Crippen LogP contribution in [0.2, 0.25) is 0 Å². The number of fused-ring (bicyclic) bond motifs is 1. The van der Waals surface area contributed by atoms with Crippen LogP contribution in [0.15, 0.2) is 36.4 Å². The van der Waals surface area contributed by atoms with Crippen LogP contribution in [0.25, 0.3) is 11.1 Å². The molecule has 92 valence electrons. The van der Waals surface area contributed by atoms with Crippen molar-refractivity contribution in [2.24, 2.45) is 5.73 Å². The van der Waals surface area contributed by atoms with E-state index in [9.17, 15) is 8.78 Å². The molecule has 0 radical (unpaired) electrons. The Morgan fingerprint density at radius 2 is 1.67 bits per heavy atom. The maximum atomic E-state index is 13.2. The largest absolute Gasteiger partial charge is 0.324 e. The van der Waals surface area contributed by atoms with E-state index in [0.29, 0.717) is 5.56 Å². The van der Waals surface area contributed by atoms with Crippen LogP contribution in [-0.4, -0.2) is 0 Å². The summed E-state index contributed by atoms with van der Waals surface area (Å²) in [6, 6.07) is 9.96. The van der Waals surface area contributed by atoms with Crippen LogP contribution in [0.3, 0.4) is 0 Å². The summed E-state index contributed by atoms with van der Waals surface area (Å²) >= 11 is 0.